The van der Waals surface area contributed by atoms with Crippen molar-refractivity contribution in [3.05, 3.63) is 70.2 Å². The molecule has 0 amide bonds. The SMILES string of the molecule is Cc1cc2c(C)cccc2c(-c2ccc(Cl)cc2)c1C(OC(C)(C)C)C(=O)O. The maximum Gasteiger partial charge on any atom is 0.337 e. The van der Waals surface area contributed by atoms with E-state index in [4.69, 9.17) is 16.3 Å². The number of aliphatic carboxylic acids is 1. The highest BCUT2D eigenvalue weighted by molar-refractivity contribution is 6.30. The summed E-state index contributed by atoms with van der Waals surface area (Å²) in [7, 11) is 0. The van der Waals surface area contributed by atoms with Crippen molar-refractivity contribution in [2.75, 3.05) is 0 Å². The summed E-state index contributed by atoms with van der Waals surface area (Å²) in [5.74, 6) is -1.000. The molecule has 0 bridgehead atoms. The number of hydrogen-bond acceptors (Lipinski definition) is 2. The first-order chi connectivity index (χ1) is 13.1. The number of aryl methyl sites for hydroxylation is 2. The lowest BCUT2D eigenvalue weighted by atomic mass is 9.86. The summed E-state index contributed by atoms with van der Waals surface area (Å²) in [6, 6.07) is 15.7. The van der Waals surface area contributed by atoms with Gasteiger partial charge in [0.05, 0.1) is 5.60 Å². The van der Waals surface area contributed by atoms with Gasteiger partial charge < -0.3 is 9.84 Å². The standard InChI is InChI=1S/C24H25ClO3/c1-14-7-6-8-18-19(14)13-15(2)20(22(23(26)27)28-24(3,4)5)21(18)16-9-11-17(25)12-10-16/h6-13,22H,1-5H3,(H,26,27). The van der Waals surface area contributed by atoms with Crippen LogP contribution in [0.2, 0.25) is 5.02 Å². The Morgan fingerprint density at radius 3 is 2.21 bits per heavy atom. The highest BCUT2D eigenvalue weighted by Gasteiger charge is 2.31. The second-order valence-electron chi connectivity index (χ2n) is 8.11. The van der Waals surface area contributed by atoms with Crippen LogP contribution in [0.15, 0.2) is 48.5 Å². The number of carboxylic acid groups (broad SMARTS) is 1. The fraction of sp³-hybridized carbons (Fsp3) is 0.292. The van der Waals surface area contributed by atoms with Gasteiger partial charge in [-0.3, -0.25) is 0 Å². The van der Waals surface area contributed by atoms with Crippen molar-refractivity contribution in [1.82, 2.24) is 0 Å². The van der Waals surface area contributed by atoms with Gasteiger partial charge in [-0.05, 0) is 79.8 Å². The minimum atomic E-state index is -1.07. The average Bonchev–Trinajstić information content (AvgIpc) is 2.60. The van der Waals surface area contributed by atoms with Crippen LogP contribution in [-0.4, -0.2) is 16.7 Å². The van der Waals surface area contributed by atoms with Crippen LogP contribution in [0.1, 0.15) is 43.6 Å². The molecule has 3 nitrogen and oxygen atoms in total. The minimum absolute atomic E-state index is 0.603. The summed E-state index contributed by atoms with van der Waals surface area (Å²) in [6.45, 7) is 9.61. The zero-order valence-electron chi connectivity index (χ0n) is 16.8. The Labute approximate surface area is 170 Å². The van der Waals surface area contributed by atoms with Crippen molar-refractivity contribution in [2.24, 2.45) is 0 Å². The van der Waals surface area contributed by atoms with Gasteiger partial charge in [-0.2, -0.15) is 0 Å². The Morgan fingerprint density at radius 1 is 1.00 bits per heavy atom. The predicted molar refractivity (Wildman–Crippen MR) is 115 cm³/mol. The maximum atomic E-state index is 12.2. The van der Waals surface area contributed by atoms with Crippen LogP contribution in [0.5, 0.6) is 0 Å². The normalized spacial score (nSPS) is 12.9. The van der Waals surface area contributed by atoms with Gasteiger partial charge in [0.15, 0.2) is 6.10 Å². The Hall–Kier alpha value is -2.36. The van der Waals surface area contributed by atoms with Crippen LogP contribution in [0.3, 0.4) is 0 Å². The second-order valence-corrected chi connectivity index (χ2v) is 8.54. The molecule has 1 unspecified atom stereocenters. The van der Waals surface area contributed by atoms with Crippen LogP contribution in [0.4, 0.5) is 0 Å². The number of halogens is 1. The maximum absolute atomic E-state index is 12.2. The van der Waals surface area contributed by atoms with Gasteiger partial charge in [-0.25, -0.2) is 4.79 Å². The first-order valence-corrected chi connectivity index (χ1v) is 9.65. The molecule has 0 spiro atoms. The van der Waals surface area contributed by atoms with Crippen LogP contribution in [0.25, 0.3) is 21.9 Å². The van der Waals surface area contributed by atoms with E-state index in [9.17, 15) is 9.90 Å². The number of carboxylic acids is 1. The molecule has 0 aliphatic heterocycles. The van der Waals surface area contributed by atoms with E-state index < -0.39 is 17.7 Å². The lowest BCUT2D eigenvalue weighted by Gasteiger charge is -2.28. The fourth-order valence-corrected chi connectivity index (χ4v) is 3.70. The molecule has 0 heterocycles. The molecule has 3 rings (SSSR count). The zero-order chi connectivity index (χ0) is 20.6. The smallest absolute Gasteiger partial charge is 0.337 e. The molecule has 3 aromatic carbocycles. The molecule has 0 fully saturated rings. The first kappa shape index (κ1) is 20.4. The van der Waals surface area contributed by atoms with E-state index >= 15 is 0 Å². The Kier molecular flexibility index (Phi) is 5.51. The predicted octanol–water partition coefficient (Wildman–Crippen LogP) is 6.72. The Balaban J connectivity index is 2.41. The Morgan fingerprint density at radius 2 is 1.64 bits per heavy atom. The monoisotopic (exact) mass is 396 g/mol. The van der Waals surface area contributed by atoms with Crippen LogP contribution >= 0.6 is 11.6 Å². The number of hydrogen-bond donors (Lipinski definition) is 1. The molecule has 0 saturated carbocycles. The highest BCUT2D eigenvalue weighted by Crippen LogP contribution is 2.41. The summed E-state index contributed by atoms with van der Waals surface area (Å²) in [5.41, 5.74) is 3.92. The molecule has 28 heavy (non-hydrogen) atoms. The number of fused-ring (bicyclic) bond motifs is 1. The summed E-state index contributed by atoms with van der Waals surface area (Å²) < 4.78 is 6.01. The lowest BCUT2D eigenvalue weighted by Crippen LogP contribution is -2.28. The topological polar surface area (TPSA) is 46.5 Å². The number of ether oxygens (including phenoxy) is 1. The van der Waals surface area contributed by atoms with Gasteiger partial charge in [0.2, 0.25) is 0 Å². The van der Waals surface area contributed by atoms with Crippen molar-refractivity contribution >= 4 is 28.3 Å². The van der Waals surface area contributed by atoms with Gasteiger partial charge in [0, 0.05) is 10.6 Å². The highest BCUT2D eigenvalue weighted by atomic mass is 35.5. The van der Waals surface area contributed by atoms with Gasteiger partial charge >= 0.3 is 5.97 Å². The molecular weight excluding hydrogens is 372 g/mol. The minimum Gasteiger partial charge on any atom is -0.479 e. The van der Waals surface area contributed by atoms with Crippen LogP contribution in [0, 0.1) is 13.8 Å². The van der Waals surface area contributed by atoms with Gasteiger partial charge in [0.1, 0.15) is 0 Å². The molecule has 4 heteroatoms. The van der Waals surface area contributed by atoms with Crippen molar-refractivity contribution in [2.45, 2.75) is 46.3 Å². The third-order valence-corrected chi connectivity index (χ3v) is 4.99. The van der Waals surface area contributed by atoms with Gasteiger partial charge in [0.25, 0.3) is 0 Å². The van der Waals surface area contributed by atoms with E-state index in [1.165, 1.54) is 0 Å². The number of rotatable bonds is 4. The molecule has 1 atom stereocenters. The Bertz CT molecular complexity index is 1030. The number of carbonyl (C=O) groups is 1. The molecule has 0 radical (unpaired) electrons. The van der Waals surface area contributed by atoms with Crippen molar-refractivity contribution in [3.8, 4) is 11.1 Å². The molecule has 146 valence electrons. The molecule has 0 aliphatic rings. The largest absolute Gasteiger partial charge is 0.479 e. The summed E-state index contributed by atoms with van der Waals surface area (Å²) in [6.07, 6.45) is -1.07. The van der Waals surface area contributed by atoms with Crippen molar-refractivity contribution < 1.29 is 14.6 Å². The van der Waals surface area contributed by atoms with E-state index in [1.807, 2.05) is 64.1 Å². The van der Waals surface area contributed by atoms with Gasteiger partial charge in [-0.1, -0.05) is 48.0 Å². The van der Waals surface area contributed by atoms with Crippen molar-refractivity contribution in [1.29, 1.82) is 0 Å². The van der Waals surface area contributed by atoms with E-state index in [0.29, 0.717) is 10.6 Å². The lowest BCUT2D eigenvalue weighted by molar-refractivity contribution is -0.160. The summed E-state index contributed by atoms with van der Waals surface area (Å²) in [5, 5.41) is 12.8. The molecule has 0 saturated heterocycles. The second kappa shape index (κ2) is 7.57. The van der Waals surface area contributed by atoms with E-state index in [-0.39, 0.29) is 0 Å². The molecule has 0 aliphatic carbocycles. The molecular formula is C24H25ClO3. The summed E-state index contributed by atoms with van der Waals surface area (Å²) >= 11 is 6.09. The first-order valence-electron chi connectivity index (χ1n) is 9.28. The molecule has 0 aromatic heterocycles. The average molecular weight is 397 g/mol. The van der Waals surface area contributed by atoms with Crippen LogP contribution < -0.4 is 0 Å². The quantitative estimate of drug-likeness (QED) is 0.532. The van der Waals surface area contributed by atoms with E-state index in [1.54, 1.807) is 0 Å². The van der Waals surface area contributed by atoms with E-state index in [0.717, 1.165) is 33.0 Å². The third-order valence-electron chi connectivity index (χ3n) is 4.74. The number of benzene rings is 3. The fourth-order valence-electron chi connectivity index (χ4n) is 3.58. The summed E-state index contributed by atoms with van der Waals surface area (Å²) in [4.78, 5) is 12.2. The molecule has 1 N–H and O–H groups in total. The third kappa shape index (κ3) is 4.06. The van der Waals surface area contributed by atoms with E-state index in [2.05, 4.69) is 19.1 Å². The van der Waals surface area contributed by atoms with Crippen molar-refractivity contribution in [3.63, 3.8) is 0 Å². The zero-order valence-corrected chi connectivity index (χ0v) is 17.6. The van der Waals surface area contributed by atoms with Gasteiger partial charge in [-0.15, -0.1) is 0 Å². The van der Waals surface area contributed by atoms with Crippen LogP contribution in [-0.2, 0) is 9.53 Å². The molecule has 3 aromatic rings.